The molecule has 0 radical (unpaired) electrons. The van der Waals surface area contributed by atoms with Gasteiger partial charge in [-0.3, -0.25) is 10.1 Å². The molecule has 0 unspecified atom stereocenters. The van der Waals surface area contributed by atoms with Crippen LogP contribution >= 0.6 is 0 Å². The quantitative estimate of drug-likeness (QED) is 0.192. The summed E-state index contributed by atoms with van der Waals surface area (Å²) < 4.78 is 12.7. The van der Waals surface area contributed by atoms with Gasteiger partial charge in [-0.25, -0.2) is 15.1 Å². The SMILES string of the molecule is CCOc1ccc(-c2nn(-c3ccccc3)cc2/C=N/Nc2oc(C(C)C)nc2C#N)cc1[N+](=O)[O-]. The molecule has 2 aromatic heterocycles. The van der Waals surface area contributed by atoms with E-state index in [0.29, 0.717) is 29.3 Å². The van der Waals surface area contributed by atoms with Crippen LogP contribution in [0, 0.1) is 21.4 Å². The molecular formula is C25H23N7O4. The van der Waals surface area contributed by atoms with Gasteiger partial charge in [-0.1, -0.05) is 32.0 Å². The van der Waals surface area contributed by atoms with Crippen molar-refractivity contribution in [3.8, 4) is 28.8 Å². The van der Waals surface area contributed by atoms with Gasteiger partial charge in [0, 0.05) is 29.3 Å². The van der Waals surface area contributed by atoms with Crippen molar-refractivity contribution >= 4 is 17.8 Å². The number of nitriles is 1. The minimum atomic E-state index is -0.488. The number of nitrogens with one attached hydrogen (secondary N) is 1. The largest absolute Gasteiger partial charge is 0.487 e. The molecule has 1 N–H and O–H groups in total. The molecule has 182 valence electrons. The number of rotatable bonds is 9. The highest BCUT2D eigenvalue weighted by Crippen LogP contribution is 2.33. The minimum absolute atomic E-state index is 0.00258. The number of ether oxygens (including phenoxy) is 1. The Kier molecular flexibility index (Phi) is 7.06. The predicted octanol–water partition coefficient (Wildman–Crippen LogP) is 5.28. The van der Waals surface area contributed by atoms with E-state index < -0.39 is 4.92 Å². The lowest BCUT2D eigenvalue weighted by molar-refractivity contribution is -0.385. The molecule has 4 rings (SSSR count). The first-order chi connectivity index (χ1) is 17.4. The van der Waals surface area contributed by atoms with Crippen LogP contribution in [0.1, 0.15) is 43.8 Å². The molecule has 4 aromatic rings. The van der Waals surface area contributed by atoms with Crippen molar-refractivity contribution in [1.82, 2.24) is 14.8 Å². The third-order valence-electron chi connectivity index (χ3n) is 5.11. The minimum Gasteiger partial charge on any atom is -0.487 e. The molecule has 0 spiro atoms. The monoisotopic (exact) mass is 485 g/mol. The van der Waals surface area contributed by atoms with E-state index in [1.165, 1.54) is 12.3 Å². The molecule has 0 saturated heterocycles. The Morgan fingerprint density at radius 1 is 1.31 bits per heavy atom. The summed E-state index contributed by atoms with van der Waals surface area (Å²) in [6.45, 7) is 5.87. The number of nitro groups is 1. The van der Waals surface area contributed by atoms with Gasteiger partial charge in [0.1, 0.15) is 11.8 Å². The lowest BCUT2D eigenvalue weighted by Crippen LogP contribution is -1.98. The van der Waals surface area contributed by atoms with Crippen LogP contribution < -0.4 is 10.2 Å². The van der Waals surface area contributed by atoms with Crippen LogP contribution in [0.15, 0.2) is 64.2 Å². The molecule has 0 atom stereocenters. The van der Waals surface area contributed by atoms with Gasteiger partial charge in [-0.05, 0) is 31.2 Å². The van der Waals surface area contributed by atoms with Crippen molar-refractivity contribution in [2.45, 2.75) is 26.7 Å². The average Bonchev–Trinajstić information content (AvgIpc) is 3.49. The average molecular weight is 486 g/mol. The molecule has 0 amide bonds. The molecule has 0 fully saturated rings. The van der Waals surface area contributed by atoms with E-state index in [9.17, 15) is 15.4 Å². The van der Waals surface area contributed by atoms with Crippen molar-refractivity contribution in [3.05, 3.63) is 82.0 Å². The second kappa shape index (κ2) is 10.5. The zero-order valence-electron chi connectivity index (χ0n) is 19.9. The van der Waals surface area contributed by atoms with Crippen molar-refractivity contribution < 1.29 is 14.1 Å². The van der Waals surface area contributed by atoms with Gasteiger partial charge >= 0.3 is 5.69 Å². The maximum absolute atomic E-state index is 11.7. The molecule has 11 heteroatoms. The second-order valence-electron chi connectivity index (χ2n) is 7.95. The number of nitrogens with zero attached hydrogens (tertiary/aromatic N) is 6. The van der Waals surface area contributed by atoms with Gasteiger partial charge in [0.25, 0.3) is 5.88 Å². The van der Waals surface area contributed by atoms with Crippen LogP contribution in [0.25, 0.3) is 16.9 Å². The van der Waals surface area contributed by atoms with E-state index in [2.05, 4.69) is 20.6 Å². The maximum Gasteiger partial charge on any atom is 0.311 e. The van der Waals surface area contributed by atoms with Gasteiger partial charge in [0.05, 0.1) is 23.4 Å². The molecule has 0 aliphatic carbocycles. The highest BCUT2D eigenvalue weighted by Gasteiger charge is 2.20. The number of hydrazone groups is 1. The Morgan fingerprint density at radius 2 is 2.08 bits per heavy atom. The van der Waals surface area contributed by atoms with Crippen LogP contribution in [0.3, 0.4) is 0 Å². The summed E-state index contributed by atoms with van der Waals surface area (Å²) in [5.41, 5.74) is 5.02. The second-order valence-corrected chi connectivity index (χ2v) is 7.95. The smallest absolute Gasteiger partial charge is 0.311 e. The Hall–Kier alpha value is -4.98. The first-order valence-corrected chi connectivity index (χ1v) is 11.2. The number of hydrogen-bond donors (Lipinski definition) is 1. The molecule has 0 saturated carbocycles. The Balaban J connectivity index is 1.74. The van der Waals surface area contributed by atoms with Gasteiger partial charge in [-0.15, -0.1) is 0 Å². The fourth-order valence-corrected chi connectivity index (χ4v) is 3.40. The topological polar surface area (TPSA) is 144 Å². The molecule has 2 aromatic carbocycles. The summed E-state index contributed by atoms with van der Waals surface area (Å²) in [6, 6.07) is 16.1. The number of benzene rings is 2. The van der Waals surface area contributed by atoms with Crippen LogP contribution in [-0.2, 0) is 0 Å². The summed E-state index contributed by atoms with van der Waals surface area (Å²) in [5, 5.41) is 29.9. The fourth-order valence-electron chi connectivity index (χ4n) is 3.40. The summed E-state index contributed by atoms with van der Waals surface area (Å²) in [4.78, 5) is 15.3. The zero-order chi connectivity index (χ0) is 25.7. The Bertz CT molecular complexity index is 1450. The highest BCUT2D eigenvalue weighted by molar-refractivity contribution is 5.89. The molecule has 2 heterocycles. The molecule has 0 aliphatic rings. The Labute approximate surface area is 206 Å². The Morgan fingerprint density at radius 3 is 2.75 bits per heavy atom. The number of anilines is 1. The zero-order valence-corrected chi connectivity index (χ0v) is 19.9. The van der Waals surface area contributed by atoms with Crippen molar-refractivity contribution in [1.29, 1.82) is 5.26 Å². The maximum atomic E-state index is 11.7. The highest BCUT2D eigenvalue weighted by atomic mass is 16.6. The number of hydrogen-bond acceptors (Lipinski definition) is 9. The molecule has 36 heavy (non-hydrogen) atoms. The van der Waals surface area contributed by atoms with E-state index in [1.807, 2.05) is 50.2 Å². The van der Waals surface area contributed by atoms with E-state index in [1.54, 1.807) is 29.9 Å². The predicted molar refractivity (Wildman–Crippen MR) is 133 cm³/mol. The fraction of sp³-hybridized carbons (Fsp3) is 0.200. The lowest BCUT2D eigenvalue weighted by Gasteiger charge is -2.06. The van der Waals surface area contributed by atoms with E-state index >= 15 is 0 Å². The molecule has 0 aliphatic heterocycles. The first kappa shape index (κ1) is 24.2. The van der Waals surface area contributed by atoms with Crippen molar-refractivity contribution in [2.75, 3.05) is 12.0 Å². The molecular weight excluding hydrogens is 462 g/mol. The van der Waals surface area contributed by atoms with E-state index in [-0.39, 0.29) is 28.9 Å². The van der Waals surface area contributed by atoms with E-state index in [0.717, 1.165) is 5.69 Å². The van der Waals surface area contributed by atoms with Crippen LogP contribution in [-0.4, -0.2) is 32.5 Å². The number of oxazole rings is 1. The third kappa shape index (κ3) is 5.07. The molecule has 11 nitrogen and oxygen atoms in total. The van der Waals surface area contributed by atoms with Gasteiger partial charge in [-0.2, -0.15) is 15.5 Å². The lowest BCUT2D eigenvalue weighted by atomic mass is 10.1. The summed E-state index contributed by atoms with van der Waals surface area (Å²) >= 11 is 0. The standard InChI is InChI=1S/C25H23N7O4/c1-4-35-22-11-10-17(12-21(22)32(33)34)23-18(15-31(30-23)19-8-6-5-7-9-19)14-27-29-25-20(13-26)28-24(36-25)16(2)3/h5-12,14-16,29H,4H2,1-3H3/b27-14+. The van der Waals surface area contributed by atoms with Crippen LogP contribution in [0.4, 0.5) is 11.6 Å². The number of nitro benzene ring substituents is 1. The van der Waals surface area contributed by atoms with Gasteiger partial charge < -0.3 is 9.15 Å². The summed E-state index contributed by atoms with van der Waals surface area (Å²) in [6.07, 6.45) is 3.26. The number of para-hydroxylation sites is 1. The van der Waals surface area contributed by atoms with E-state index in [4.69, 9.17) is 9.15 Å². The normalized spacial score (nSPS) is 11.1. The van der Waals surface area contributed by atoms with Crippen LogP contribution in [0.5, 0.6) is 5.75 Å². The van der Waals surface area contributed by atoms with Gasteiger partial charge in [0.15, 0.2) is 5.75 Å². The number of aromatic nitrogens is 3. The van der Waals surface area contributed by atoms with Crippen molar-refractivity contribution in [2.24, 2.45) is 5.10 Å². The first-order valence-electron chi connectivity index (χ1n) is 11.2. The molecule has 0 bridgehead atoms. The third-order valence-corrected chi connectivity index (χ3v) is 5.11. The van der Waals surface area contributed by atoms with Gasteiger partial charge in [0.2, 0.25) is 11.6 Å². The summed E-state index contributed by atoms with van der Waals surface area (Å²) in [7, 11) is 0. The summed E-state index contributed by atoms with van der Waals surface area (Å²) in [5.74, 6) is 0.735. The van der Waals surface area contributed by atoms with Crippen molar-refractivity contribution in [3.63, 3.8) is 0 Å². The van der Waals surface area contributed by atoms with Crippen LogP contribution in [0.2, 0.25) is 0 Å².